The Morgan fingerprint density at radius 2 is 2.03 bits per heavy atom. The Hall–Kier alpha value is -3.67. The molecule has 0 spiro atoms. The molecule has 1 aromatic heterocycles. The number of cyclic esters (lactones) is 1. The van der Waals surface area contributed by atoms with Crippen LogP contribution in [0.2, 0.25) is 0 Å². The number of imidazole rings is 1. The average Bonchev–Trinajstić information content (AvgIpc) is 3.14. The minimum atomic E-state index is -4.63. The number of halogens is 4. The van der Waals surface area contributed by atoms with Crippen molar-refractivity contribution >= 4 is 28.7 Å². The largest absolute Gasteiger partial charge is 0.449 e. The van der Waals surface area contributed by atoms with Crippen molar-refractivity contribution in [2.75, 3.05) is 24.7 Å². The first-order chi connectivity index (χ1) is 16.2. The van der Waals surface area contributed by atoms with Crippen LogP contribution < -0.4 is 10.5 Å². The summed E-state index contributed by atoms with van der Waals surface area (Å²) in [5.41, 5.74) is -0.0967. The van der Waals surface area contributed by atoms with E-state index in [4.69, 9.17) is 9.84 Å². The molecule has 1 aliphatic rings. The Kier molecular flexibility index (Phi) is 6.42. The van der Waals surface area contributed by atoms with Crippen molar-refractivity contribution in [3.63, 3.8) is 0 Å². The summed E-state index contributed by atoms with van der Waals surface area (Å²) in [5.74, 6) is -0.967. The Bertz CT molecular complexity index is 1300. The summed E-state index contributed by atoms with van der Waals surface area (Å²) in [5, 5.41) is 9.15. The number of ether oxygens (including phenoxy) is 1. The van der Waals surface area contributed by atoms with Crippen LogP contribution in [0.4, 0.5) is 28.0 Å². The molecule has 0 saturated carbocycles. The van der Waals surface area contributed by atoms with E-state index < -0.39 is 36.5 Å². The summed E-state index contributed by atoms with van der Waals surface area (Å²) >= 11 is 0. The van der Waals surface area contributed by atoms with Crippen molar-refractivity contribution < 1.29 is 37.0 Å². The summed E-state index contributed by atoms with van der Waals surface area (Å²) in [6.07, 6.45) is -6.19. The monoisotopic (exact) mass is 480 g/mol. The van der Waals surface area contributed by atoms with Crippen LogP contribution >= 0.6 is 0 Å². The number of hydrogen-bond donors (Lipinski definition) is 2. The van der Waals surface area contributed by atoms with Gasteiger partial charge in [0.15, 0.2) is 0 Å². The molecular formula is C22H20F4N4O4. The number of fused-ring (bicyclic) bond motifs is 1. The number of hydrogen-bond acceptors (Lipinski definition) is 4. The van der Waals surface area contributed by atoms with Crippen molar-refractivity contribution in [1.29, 1.82) is 0 Å². The first-order valence-corrected chi connectivity index (χ1v) is 10.4. The third kappa shape index (κ3) is 4.81. The van der Waals surface area contributed by atoms with Crippen molar-refractivity contribution in [1.82, 2.24) is 9.55 Å². The number of nitrogens with zero attached hydrogens (tertiary/aromatic N) is 3. The van der Waals surface area contributed by atoms with Gasteiger partial charge in [0, 0.05) is 17.8 Å². The van der Waals surface area contributed by atoms with Gasteiger partial charge in [-0.1, -0.05) is 6.07 Å². The van der Waals surface area contributed by atoms with Crippen molar-refractivity contribution in [3.8, 4) is 0 Å². The molecule has 3 aromatic rings. The number of amides is 2. The summed E-state index contributed by atoms with van der Waals surface area (Å²) in [6, 6.07) is 8.60. The van der Waals surface area contributed by atoms with Gasteiger partial charge in [0.1, 0.15) is 6.17 Å². The number of aromatic amines is 1. The molecule has 4 rings (SSSR count). The van der Waals surface area contributed by atoms with Crippen LogP contribution in [-0.4, -0.2) is 52.6 Å². The number of rotatable bonds is 5. The van der Waals surface area contributed by atoms with E-state index in [1.165, 1.54) is 15.5 Å². The number of benzene rings is 2. The molecule has 1 atom stereocenters. The number of aromatic nitrogens is 2. The van der Waals surface area contributed by atoms with Gasteiger partial charge >= 0.3 is 12.3 Å². The summed E-state index contributed by atoms with van der Waals surface area (Å²) in [6.45, 7) is -0.387. The van der Waals surface area contributed by atoms with E-state index in [0.717, 1.165) is 12.1 Å². The van der Waals surface area contributed by atoms with Gasteiger partial charge in [-0.25, -0.2) is 9.18 Å². The third-order valence-electron chi connectivity index (χ3n) is 5.28. The lowest BCUT2D eigenvalue weighted by Crippen LogP contribution is -2.37. The van der Waals surface area contributed by atoms with E-state index in [1.54, 1.807) is 18.2 Å². The number of H-pyrrole nitrogens is 1. The van der Waals surface area contributed by atoms with Gasteiger partial charge < -0.3 is 19.4 Å². The fourth-order valence-corrected chi connectivity index (χ4v) is 3.63. The van der Waals surface area contributed by atoms with Crippen LogP contribution in [0.25, 0.3) is 11.0 Å². The van der Waals surface area contributed by atoms with Crippen LogP contribution in [0.3, 0.4) is 0 Å². The zero-order chi connectivity index (χ0) is 24.5. The normalized spacial score (nSPS) is 16.1. The maximum absolute atomic E-state index is 14.1. The molecule has 8 nitrogen and oxygen atoms in total. The fraction of sp³-hybridized carbons (Fsp3) is 0.318. The molecule has 0 aliphatic carbocycles. The van der Waals surface area contributed by atoms with E-state index in [1.807, 2.05) is 0 Å². The number of nitrogens with one attached hydrogen (secondary N) is 1. The lowest BCUT2D eigenvalue weighted by atomic mass is 10.1. The highest BCUT2D eigenvalue weighted by atomic mass is 19.4. The lowest BCUT2D eigenvalue weighted by Gasteiger charge is -2.26. The van der Waals surface area contributed by atoms with Gasteiger partial charge in [-0.05, 0) is 42.8 Å². The molecule has 0 bridgehead atoms. The predicted molar refractivity (Wildman–Crippen MR) is 113 cm³/mol. The molecule has 1 saturated heterocycles. The van der Waals surface area contributed by atoms with E-state index in [2.05, 4.69) is 9.98 Å². The highest BCUT2D eigenvalue weighted by molar-refractivity contribution is 5.95. The van der Waals surface area contributed by atoms with Crippen LogP contribution in [0.15, 0.2) is 47.5 Å². The molecule has 2 aromatic carbocycles. The van der Waals surface area contributed by atoms with Crippen LogP contribution in [0.1, 0.15) is 22.3 Å². The van der Waals surface area contributed by atoms with Gasteiger partial charge in [-0.3, -0.25) is 9.69 Å². The highest BCUT2D eigenvalue weighted by Gasteiger charge is 2.31. The number of aliphatic hydroxyl groups is 1. The molecule has 1 unspecified atom stereocenters. The Labute approximate surface area is 190 Å². The molecule has 2 N–H and O–H groups in total. The second kappa shape index (κ2) is 9.29. The maximum atomic E-state index is 14.1. The fourth-order valence-electron chi connectivity index (χ4n) is 3.63. The predicted octanol–water partition coefficient (Wildman–Crippen LogP) is 3.41. The van der Waals surface area contributed by atoms with Gasteiger partial charge in [-0.2, -0.15) is 18.2 Å². The SMILES string of the molecule is O=C(/N=c1\[nH]c2cc(N3CCCOC3=O)ccc2n1CC(F)CO)c1cccc(C(F)(F)F)c1. The van der Waals surface area contributed by atoms with Crippen LogP contribution in [-0.2, 0) is 17.5 Å². The molecule has 180 valence electrons. The van der Waals surface area contributed by atoms with Crippen molar-refractivity contribution in [2.24, 2.45) is 4.99 Å². The molecule has 1 aliphatic heterocycles. The smallest absolute Gasteiger partial charge is 0.416 e. The Morgan fingerprint density at radius 1 is 1.24 bits per heavy atom. The third-order valence-corrected chi connectivity index (χ3v) is 5.28. The topological polar surface area (TPSA) is 99.9 Å². The summed E-state index contributed by atoms with van der Waals surface area (Å²) in [7, 11) is 0. The maximum Gasteiger partial charge on any atom is 0.416 e. The number of alkyl halides is 4. The van der Waals surface area contributed by atoms with Gasteiger partial charge in [-0.15, -0.1) is 0 Å². The van der Waals surface area contributed by atoms with E-state index in [-0.39, 0.29) is 17.7 Å². The van der Waals surface area contributed by atoms with E-state index in [0.29, 0.717) is 42.4 Å². The molecule has 1 fully saturated rings. The molecule has 2 amide bonds. The summed E-state index contributed by atoms with van der Waals surface area (Å²) < 4.78 is 59.4. The van der Waals surface area contributed by atoms with Gasteiger partial charge in [0.2, 0.25) is 5.62 Å². The second-order valence-corrected chi connectivity index (χ2v) is 7.66. The first kappa shape index (κ1) is 23.5. The molecular weight excluding hydrogens is 460 g/mol. The highest BCUT2D eigenvalue weighted by Crippen LogP contribution is 2.29. The van der Waals surface area contributed by atoms with E-state index >= 15 is 0 Å². The lowest BCUT2D eigenvalue weighted by molar-refractivity contribution is -0.137. The van der Waals surface area contributed by atoms with Crippen molar-refractivity contribution in [3.05, 3.63) is 59.2 Å². The molecule has 34 heavy (non-hydrogen) atoms. The van der Waals surface area contributed by atoms with Gasteiger partial charge in [0.05, 0.1) is 36.4 Å². The standard InChI is InChI=1S/C22H20F4N4O4/c23-15(12-31)11-30-18-6-5-16(29-7-2-8-34-21(29)33)10-17(18)27-20(30)28-19(32)13-3-1-4-14(9-13)22(24,25)26/h1,3-6,9-10,15,31H,2,7-8,11-12H2,(H,27,28,32). The first-order valence-electron chi connectivity index (χ1n) is 10.4. The second-order valence-electron chi connectivity index (χ2n) is 7.66. The van der Waals surface area contributed by atoms with Gasteiger partial charge in [0.25, 0.3) is 5.91 Å². The quantitative estimate of drug-likeness (QED) is 0.547. The number of aliphatic hydroxyl groups excluding tert-OH is 1. The van der Waals surface area contributed by atoms with Crippen LogP contribution in [0, 0.1) is 0 Å². The minimum Gasteiger partial charge on any atom is -0.449 e. The summed E-state index contributed by atoms with van der Waals surface area (Å²) in [4.78, 5) is 32.9. The van der Waals surface area contributed by atoms with E-state index in [9.17, 15) is 27.2 Å². The average molecular weight is 480 g/mol. The Morgan fingerprint density at radius 3 is 2.74 bits per heavy atom. The zero-order valence-electron chi connectivity index (χ0n) is 17.7. The molecule has 12 heteroatoms. The van der Waals surface area contributed by atoms with Crippen molar-refractivity contribution in [2.45, 2.75) is 25.3 Å². The van der Waals surface area contributed by atoms with Crippen LogP contribution in [0.5, 0.6) is 0 Å². The number of carbonyl (C=O) groups is 2. The Balaban J connectivity index is 1.78. The number of anilines is 1. The zero-order valence-corrected chi connectivity index (χ0v) is 17.7. The minimum absolute atomic E-state index is 0.119. The molecule has 0 radical (unpaired) electrons. The number of carbonyl (C=O) groups excluding carboxylic acids is 2. The molecule has 2 heterocycles.